The summed E-state index contributed by atoms with van der Waals surface area (Å²) in [6.07, 6.45) is 0. The van der Waals surface area contributed by atoms with E-state index in [0.29, 0.717) is 0 Å². The third-order valence-electron chi connectivity index (χ3n) is 12.7. The lowest BCUT2D eigenvalue weighted by Crippen LogP contribution is -2.48. The summed E-state index contributed by atoms with van der Waals surface area (Å²) < 4.78 is 15.3. The van der Waals surface area contributed by atoms with Crippen LogP contribution in [0.4, 0.5) is 34.1 Å². The van der Waals surface area contributed by atoms with E-state index < -0.39 is 10.8 Å². The van der Waals surface area contributed by atoms with E-state index in [2.05, 4.69) is 215 Å². The van der Waals surface area contributed by atoms with Gasteiger partial charge in [-0.15, -0.1) is 22.7 Å². The minimum Gasteiger partial charge on any atom is -0.458 e. The minimum atomic E-state index is -0.899. The van der Waals surface area contributed by atoms with Crippen molar-refractivity contribution >= 4 is 56.8 Å². The molecule has 6 aromatic carbocycles. The van der Waals surface area contributed by atoms with E-state index in [4.69, 9.17) is 8.83 Å². The quantitative estimate of drug-likeness (QED) is 0.177. The molecule has 284 valence electrons. The van der Waals surface area contributed by atoms with E-state index in [9.17, 15) is 0 Å². The number of thiophene rings is 2. The fourth-order valence-electron chi connectivity index (χ4n) is 10.5. The molecule has 0 saturated carbocycles. The van der Waals surface area contributed by atoms with Gasteiger partial charge in [-0.25, -0.2) is 0 Å². The highest BCUT2D eigenvalue weighted by atomic mass is 32.1. The molecule has 2 aliphatic heterocycles. The molecule has 0 radical (unpaired) electrons. The number of benzene rings is 6. The van der Waals surface area contributed by atoms with Crippen molar-refractivity contribution in [3.8, 4) is 21.3 Å². The van der Waals surface area contributed by atoms with Crippen LogP contribution in [0.2, 0.25) is 0 Å². The highest BCUT2D eigenvalue weighted by molar-refractivity contribution is 7.13. The number of nitrogens with zero attached hydrogens (tertiary/aromatic N) is 2. The summed E-state index contributed by atoms with van der Waals surface area (Å²) in [5.74, 6) is 3.50. The van der Waals surface area contributed by atoms with Crippen LogP contribution in [0.5, 0.6) is 0 Å². The first kappa shape index (κ1) is 33.8. The van der Waals surface area contributed by atoms with Crippen molar-refractivity contribution in [3.05, 3.63) is 250 Å². The summed E-state index contributed by atoms with van der Waals surface area (Å²) in [6.45, 7) is 0. The van der Waals surface area contributed by atoms with Crippen LogP contribution in [0, 0.1) is 0 Å². The molecule has 0 amide bonds. The smallest absolute Gasteiger partial charge is 0.144 e. The summed E-state index contributed by atoms with van der Waals surface area (Å²) in [4.78, 5) is 6.98. The molecule has 10 aromatic rings. The zero-order valence-corrected chi connectivity index (χ0v) is 33.8. The van der Waals surface area contributed by atoms with E-state index in [1.165, 1.54) is 0 Å². The van der Waals surface area contributed by atoms with Crippen molar-refractivity contribution in [2.75, 3.05) is 9.80 Å². The number of anilines is 6. The Balaban J connectivity index is 1.23. The van der Waals surface area contributed by atoms with Crippen molar-refractivity contribution in [1.82, 2.24) is 0 Å². The van der Waals surface area contributed by atoms with Crippen molar-refractivity contribution < 1.29 is 8.83 Å². The molecule has 13 rings (SSSR count). The Labute approximate surface area is 355 Å². The molecular weight excluding hydrogens is 773 g/mol. The van der Waals surface area contributed by atoms with Crippen molar-refractivity contribution in [1.29, 1.82) is 0 Å². The minimum absolute atomic E-state index is 0.846. The third-order valence-corrected chi connectivity index (χ3v) is 14.5. The van der Waals surface area contributed by atoms with Crippen molar-refractivity contribution in [2.45, 2.75) is 10.8 Å². The number of rotatable bonds is 4. The number of furan rings is 2. The van der Waals surface area contributed by atoms with Crippen LogP contribution in [0.3, 0.4) is 0 Å². The molecule has 0 fully saturated rings. The lowest BCUT2D eigenvalue weighted by atomic mass is 9.53. The van der Waals surface area contributed by atoms with Gasteiger partial charge in [0.25, 0.3) is 0 Å². The van der Waals surface area contributed by atoms with E-state index in [1.807, 2.05) is 0 Å². The maximum atomic E-state index is 7.66. The molecular formula is C54H34N2O2S2. The van der Waals surface area contributed by atoms with Gasteiger partial charge in [0.2, 0.25) is 0 Å². The van der Waals surface area contributed by atoms with Gasteiger partial charge in [-0.2, -0.15) is 0 Å². The monoisotopic (exact) mass is 806 g/mol. The second kappa shape index (κ2) is 12.7. The first-order chi connectivity index (χ1) is 29.8. The van der Waals surface area contributed by atoms with Gasteiger partial charge in [-0.1, -0.05) is 121 Å². The molecule has 0 bridgehead atoms. The Bertz CT molecular complexity index is 2870. The molecule has 0 atom stereocenters. The van der Waals surface area contributed by atoms with Gasteiger partial charge in [0.15, 0.2) is 0 Å². The number of para-hydroxylation sites is 6. The molecule has 60 heavy (non-hydrogen) atoms. The van der Waals surface area contributed by atoms with Gasteiger partial charge in [-0.3, -0.25) is 0 Å². The zero-order chi connectivity index (χ0) is 39.4. The fourth-order valence-corrected chi connectivity index (χ4v) is 11.8. The third kappa shape index (κ3) is 4.34. The number of hydrogen-bond donors (Lipinski definition) is 0. The zero-order valence-electron chi connectivity index (χ0n) is 32.2. The van der Waals surface area contributed by atoms with E-state index >= 15 is 0 Å². The summed E-state index contributed by atoms with van der Waals surface area (Å²) >= 11 is 3.40. The van der Waals surface area contributed by atoms with Gasteiger partial charge in [0.05, 0.1) is 32.5 Å². The SMILES string of the molecule is c1ccc(N2c3ccccc3C3(c4ccccc42)c2cc(-c4cccs4)oc2C2(c4ccccc4N(c4ccccc4)c4ccccc42)c2cc(-c4cccs4)oc23)cc1. The molecule has 0 saturated heterocycles. The number of hydrogen-bond acceptors (Lipinski definition) is 6. The van der Waals surface area contributed by atoms with Gasteiger partial charge in [0.1, 0.15) is 33.9 Å². The van der Waals surface area contributed by atoms with Crippen LogP contribution in [-0.2, 0) is 10.8 Å². The van der Waals surface area contributed by atoms with Crippen LogP contribution < -0.4 is 9.80 Å². The topological polar surface area (TPSA) is 32.8 Å². The van der Waals surface area contributed by atoms with Crippen molar-refractivity contribution in [3.63, 3.8) is 0 Å². The Morgan fingerprint density at radius 3 is 1.00 bits per heavy atom. The van der Waals surface area contributed by atoms with Crippen molar-refractivity contribution in [2.24, 2.45) is 0 Å². The molecule has 4 aromatic heterocycles. The molecule has 0 unspecified atom stereocenters. The maximum Gasteiger partial charge on any atom is 0.144 e. The first-order valence-electron chi connectivity index (χ1n) is 20.2. The first-order valence-corrected chi connectivity index (χ1v) is 22.0. The lowest BCUT2D eigenvalue weighted by Gasteiger charge is -2.52. The molecule has 0 N–H and O–H groups in total. The standard InChI is InChI=1S/C54H34N2O2S2/c1-3-17-35(18-4-1)55-43-25-11-7-21-37(43)53(38-22-8-12-26-44(38)55)41-33-47(49-29-15-31-59-49)58-52(41)54(42-34-48(57-51(42)53)50-30-16-32-60-50)39-23-9-13-27-45(39)56(36-19-5-2-6-20-36)46-28-14-10-24-40(46)54/h1-34H. The van der Waals surface area contributed by atoms with Crippen LogP contribution >= 0.6 is 22.7 Å². The van der Waals surface area contributed by atoms with E-state index in [1.54, 1.807) is 22.7 Å². The Morgan fingerprint density at radius 1 is 0.333 bits per heavy atom. The van der Waals surface area contributed by atoms with Crippen LogP contribution in [0.15, 0.2) is 214 Å². The average molecular weight is 807 g/mol. The van der Waals surface area contributed by atoms with E-state index in [-0.39, 0.29) is 0 Å². The maximum absolute atomic E-state index is 7.66. The normalized spacial score (nSPS) is 14.9. The van der Waals surface area contributed by atoms with Crippen LogP contribution in [-0.4, -0.2) is 0 Å². The second-order valence-corrected chi connectivity index (χ2v) is 17.5. The fraction of sp³-hybridized carbons (Fsp3) is 0.0370. The van der Waals surface area contributed by atoms with Gasteiger partial charge >= 0.3 is 0 Å². The molecule has 6 heteroatoms. The molecule has 1 aliphatic carbocycles. The summed E-state index contributed by atoms with van der Waals surface area (Å²) in [6, 6.07) is 70.2. The van der Waals surface area contributed by atoms with E-state index in [0.717, 1.165) is 100 Å². The predicted molar refractivity (Wildman–Crippen MR) is 244 cm³/mol. The molecule has 3 aliphatic rings. The highest BCUT2D eigenvalue weighted by Gasteiger charge is 2.63. The Morgan fingerprint density at radius 2 is 0.667 bits per heavy atom. The lowest BCUT2D eigenvalue weighted by molar-refractivity contribution is 0.400. The summed E-state index contributed by atoms with van der Waals surface area (Å²) in [7, 11) is 0. The largest absolute Gasteiger partial charge is 0.458 e. The predicted octanol–water partition coefficient (Wildman–Crippen LogP) is 15.0. The number of fused-ring (bicyclic) bond motifs is 14. The Kier molecular flexibility index (Phi) is 7.15. The molecule has 6 heterocycles. The molecule has 4 nitrogen and oxygen atoms in total. The highest BCUT2D eigenvalue weighted by Crippen LogP contribution is 2.69. The average Bonchev–Trinajstić information content (AvgIpc) is 4.16. The summed E-state index contributed by atoms with van der Waals surface area (Å²) in [5, 5.41) is 4.26. The van der Waals surface area contributed by atoms with Gasteiger partial charge in [0, 0.05) is 22.5 Å². The van der Waals surface area contributed by atoms with Gasteiger partial charge < -0.3 is 18.6 Å². The van der Waals surface area contributed by atoms with Crippen LogP contribution in [0.25, 0.3) is 21.3 Å². The summed E-state index contributed by atoms with van der Waals surface area (Å²) in [5.41, 5.74) is 11.5. The van der Waals surface area contributed by atoms with Gasteiger partial charge in [-0.05, 0) is 106 Å². The Hall–Kier alpha value is -7.12. The second-order valence-electron chi connectivity index (χ2n) is 15.6. The molecule has 2 spiro atoms. The van der Waals surface area contributed by atoms with Crippen LogP contribution in [0.1, 0.15) is 44.9 Å².